The van der Waals surface area contributed by atoms with Gasteiger partial charge in [0, 0.05) is 5.56 Å². The number of hydrogen-bond acceptors (Lipinski definition) is 4. The Morgan fingerprint density at radius 3 is 2.88 bits per heavy atom. The third kappa shape index (κ3) is 1.48. The van der Waals surface area contributed by atoms with Crippen LogP contribution in [0.3, 0.4) is 0 Å². The molecule has 86 valence electrons. The van der Waals surface area contributed by atoms with Gasteiger partial charge in [-0.05, 0) is 26.0 Å². The molecule has 0 fully saturated rings. The molecule has 0 radical (unpaired) electrons. The topological polar surface area (TPSA) is 39.2 Å². The van der Waals surface area contributed by atoms with Crippen LogP contribution in [0.5, 0.6) is 5.75 Å². The van der Waals surface area contributed by atoms with Crippen molar-refractivity contribution in [3.05, 3.63) is 34.2 Å². The van der Waals surface area contributed by atoms with Gasteiger partial charge in [0.05, 0.1) is 10.6 Å². The first-order chi connectivity index (χ1) is 8.12. The lowest BCUT2D eigenvalue weighted by Crippen LogP contribution is -2.27. The lowest BCUT2D eigenvalue weighted by Gasteiger charge is -2.31. The standard InChI is InChI=1S/C13H11NO2S/c1-13(2)12-11(14-10(7-15)17-12)8-5-3-4-6-9(8)16-13/h3-7H,1-2H3. The largest absolute Gasteiger partial charge is 0.482 e. The van der Waals surface area contributed by atoms with E-state index in [4.69, 9.17) is 4.74 Å². The number of ether oxygens (including phenoxy) is 1. The monoisotopic (exact) mass is 245 g/mol. The van der Waals surface area contributed by atoms with E-state index in [0.29, 0.717) is 5.01 Å². The molecular formula is C13H11NO2S. The second kappa shape index (κ2) is 3.40. The lowest BCUT2D eigenvalue weighted by atomic mass is 9.97. The molecular weight excluding hydrogens is 234 g/mol. The predicted octanol–water partition coefficient (Wildman–Crippen LogP) is 3.25. The number of thiazole rings is 1. The molecule has 3 nitrogen and oxygen atoms in total. The highest BCUT2D eigenvalue weighted by Gasteiger charge is 2.35. The van der Waals surface area contributed by atoms with Crippen LogP contribution in [0.2, 0.25) is 0 Å². The van der Waals surface area contributed by atoms with Crippen molar-refractivity contribution in [2.75, 3.05) is 0 Å². The van der Waals surface area contributed by atoms with Gasteiger partial charge in [0.2, 0.25) is 0 Å². The molecule has 0 spiro atoms. The molecule has 0 bridgehead atoms. The van der Waals surface area contributed by atoms with E-state index < -0.39 is 5.60 Å². The Balaban J connectivity index is 2.31. The van der Waals surface area contributed by atoms with E-state index in [0.717, 1.165) is 28.2 Å². The van der Waals surface area contributed by atoms with Gasteiger partial charge < -0.3 is 4.74 Å². The van der Waals surface area contributed by atoms with Crippen LogP contribution < -0.4 is 4.74 Å². The second-order valence-electron chi connectivity index (χ2n) is 4.46. The number of para-hydroxylation sites is 1. The van der Waals surface area contributed by atoms with Crippen LogP contribution in [-0.2, 0) is 5.60 Å². The maximum absolute atomic E-state index is 10.9. The Morgan fingerprint density at radius 2 is 2.12 bits per heavy atom. The first kappa shape index (κ1) is 10.5. The molecule has 0 saturated carbocycles. The van der Waals surface area contributed by atoms with Crippen LogP contribution in [-0.4, -0.2) is 11.3 Å². The summed E-state index contributed by atoms with van der Waals surface area (Å²) in [5.41, 5.74) is 1.41. The molecule has 0 unspecified atom stereocenters. The van der Waals surface area contributed by atoms with E-state index in [1.165, 1.54) is 11.3 Å². The van der Waals surface area contributed by atoms with Crippen LogP contribution in [0.15, 0.2) is 24.3 Å². The summed E-state index contributed by atoms with van der Waals surface area (Å²) in [4.78, 5) is 16.2. The maximum Gasteiger partial charge on any atom is 0.178 e. The van der Waals surface area contributed by atoms with Crippen LogP contribution >= 0.6 is 11.3 Å². The molecule has 17 heavy (non-hydrogen) atoms. The van der Waals surface area contributed by atoms with Gasteiger partial charge in [0.1, 0.15) is 11.4 Å². The van der Waals surface area contributed by atoms with Gasteiger partial charge in [-0.3, -0.25) is 4.79 Å². The summed E-state index contributed by atoms with van der Waals surface area (Å²) in [7, 11) is 0. The van der Waals surface area contributed by atoms with Crippen molar-refractivity contribution in [3.63, 3.8) is 0 Å². The number of carbonyl (C=O) groups excluding carboxylic acids is 1. The smallest absolute Gasteiger partial charge is 0.178 e. The number of fused-ring (bicyclic) bond motifs is 3. The highest BCUT2D eigenvalue weighted by molar-refractivity contribution is 7.13. The van der Waals surface area contributed by atoms with Crippen LogP contribution in [0.4, 0.5) is 0 Å². The SMILES string of the molecule is CC1(C)Oc2ccccc2-c2nc(C=O)sc21. The maximum atomic E-state index is 10.9. The van der Waals surface area contributed by atoms with Gasteiger partial charge in [0.15, 0.2) is 11.3 Å². The normalized spacial score (nSPS) is 15.6. The Bertz CT molecular complexity index is 601. The fourth-order valence-corrected chi connectivity index (χ4v) is 2.98. The first-order valence-electron chi connectivity index (χ1n) is 5.37. The third-order valence-corrected chi connectivity index (χ3v) is 4.08. The molecule has 0 amide bonds. The van der Waals surface area contributed by atoms with Gasteiger partial charge in [0.25, 0.3) is 0 Å². The van der Waals surface area contributed by atoms with Gasteiger partial charge in [-0.2, -0.15) is 0 Å². The van der Waals surface area contributed by atoms with E-state index in [1.54, 1.807) is 0 Å². The van der Waals surface area contributed by atoms with Crippen molar-refractivity contribution in [2.45, 2.75) is 19.4 Å². The summed E-state index contributed by atoms with van der Waals surface area (Å²) in [6.07, 6.45) is 0.793. The Morgan fingerprint density at radius 1 is 1.35 bits per heavy atom. The number of benzene rings is 1. The van der Waals surface area contributed by atoms with Crippen molar-refractivity contribution in [2.24, 2.45) is 0 Å². The number of nitrogens with zero attached hydrogens (tertiary/aromatic N) is 1. The highest BCUT2D eigenvalue weighted by Crippen LogP contribution is 2.46. The molecule has 0 atom stereocenters. The van der Waals surface area contributed by atoms with Crippen molar-refractivity contribution >= 4 is 17.6 Å². The fraction of sp³-hybridized carbons (Fsp3) is 0.231. The number of hydrogen-bond donors (Lipinski definition) is 0. The predicted molar refractivity (Wildman–Crippen MR) is 66.6 cm³/mol. The molecule has 0 saturated heterocycles. The molecule has 1 aliphatic rings. The Hall–Kier alpha value is -1.68. The number of rotatable bonds is 1. The Labute approximate surface area is 103 Å². The summed E-state index contributed by atoms with van der Waals surface area (Å²) in [6.45, 7) is 3.99. The van der Waals surface area contributed by atoms with Crippen LogP contribution in [0.1, 0.15) is 28.5 Å². The molecule has 1 aliphatic heterocycles. The molecule has 1 aromatic heterocycles. The van der Waals surface area contributed by atoms with E-state index in [1.807, 2.05) is 38.1 Å². The molecule has 1 aromatic carbocycles. The van der Waals surface area contributed by atoms with Crippen LogP contribution in [0.25, 0.3) is 11.3 Å². The minimum absolute atomic E-state index is 0.428. The average molecular weight is 245 g/mol. The van der Waals surface area contributed by atoms with E-state index in [2.05, 4.69) is 4.98 Å². The molecule has 3 rings (SSSR count). The molecule has 0 N–H and O–H groups in total. The van der Waals surface area contributed by atoms with E-state index in [-0.39, 0.29) is 0 Å². The zero-order valence-electron chi connectivity index (χ0n) is 9.56. The Kier molecular flexibility index (Phi) is 2.10. The zero-order valence-corrected chi connectivity index (χ0v) is 10.4. The molecule has 2 heterocycles. The zero-order chi connectivity index (χ0) is 12.0. The molecule has 4 heteroatoms. The average Bonchev–Trinajstić information content (AvgIpc) is 2.74. The van der Waals surface area contributed by atoms with Gasteiger partial charge in [-0.1, -0.05) is 12.1 Å². The van der Waals surface area contributed by atoms with Gasteiger partial charge >= 0.3 is 0 Å². The van der Waals surface area contributed by atoms with Gasteiger partial charge in [-0.15, -0.1) is 11.3 Å². The van der Waals surface area contributed by atoms with E-state index in [9.17, 15) is 4.79 Å². The van der Waals surface area contributed by atoms with Crippen molar-refractivity contribution in [3.8, 4) is 17.0 Å². The molecule has 0 aliphatic carbocycles. The summed E-state index contributed by atoms with van der Waals surface area (Å²) in [5.74, 6) is 0.827. The van der Waals surface area contributed by atoms with Crippen molar-refractivity contribution < 1.29 is 9.53 Å². The first-order valence-corrected chi connectivity index (χ1v) is 6.18. The summed E-state index contributed by atoms with van der Waals surface area (Å²) in [5, 5.41) is 0.503. The second-order valence-corrected chi connectivity index (χ2v) is 5.49. The highest BCUT2D eigenvalue weighted by atomic mass is 32.1. The van der Waals surface area contributed by atoms with Crippen LogP contribution in [0, 0.1) is 0 Å². The third-order valence-electron chi connectivity index (χ3n) is 2.80. The fourth-order valence-electron chi connectivity index (χ4n) is 2.05. The number of aromatic nitrogens is 1. The minimum Gasteiger partial charge on any atom is -0.482 e. The number of carbonyl (C=O) groups is 1. The minimum atomic E-state index is -0.428. The molecule has 2 aromatic rings. The number of aldehydes is 1. The van der Waals surface area contributed by atoms with Gasteiger partial charge in [-0.25, -0.2) is 4.98 Å². The summed E-state index contributed by atoms with van der Waals surface area (Å²) >= 11 is 1.40. The van der Waals surface area contributed by atoms with Crippen molar-refractivity contribution in [1.29, 1.82) is 0 Å². The van der Waals surface area contributed by atoms with E-state index >= 15 is 0 Å². The van der Waals surface area contributed by atoms with Crippen molar-refractivity contribution in [1.82, 2.24) is 4.98 Å². The summed E-state index contributed by atoms with van der Waals surface area (Å²) < 4.78 is 5.96. The lowest BCUT2D eigenvalue weighted by molar-refractivity contribution is 0.109. The quantitative estimate of drug-likeness (QED) is 0.724. The summed E-state index contributed by atoms with van der Waals surface area (Å²) in [6, 6.07) is 7.79.